The smallest absolute Gasteiger partial charge is 0.289 e. The van der Waals surface area contributed by atoms with Gasteiger partial charge in [0.1, 0.15) is 5.58 Å². The minimum Gasteiger partial charge on any atom is -0.451 e. The van der Waals surface area contributed by atoms with Gasteiger partial charge in [0.25, 0.3) is 5.91 Å². The van der Waals surface area contributed by atoms with E-state index in [4.69, 9.17) is 4.42 Å². The van der Waals surface area contributed by atoms with Crippen molar-refractivity contribution >= 4 is 26.9 Å². The number of likely N-dealkylation sites (tertiary alicyclic amines) is 1. The van der Waals surface area contributed by atoms with Gasteiger partial charge in [-0.2, -0.15) is 0 Å². The molecule has 1 aliphatic rings. The van der Waals surface area contributed by atoms with Crippen LogP contribution in [0.1, 0.15) is 23.4 Å². The first-order valence-corrected chi connectivity index (χ1v) is 9.07. The summed E-state index contributed by atoms with van der Waals surface area (Å²) in [6, 6.07) is 9.14. The number of hydrogen-bond donors (Lipinski definition) is 1. The van der Waals surface area contributed by atoms with Crippen LogP contribution in [0, 0.1) is 0 Å². The maximum absolute atomic E-state index is 12.5. The molecule has 3 rings (SSSR count). The largest absolute Gasteiger partial charge is 0.451 e. The molecule has 1 aliphatic heterocycles. The molecule has 0 bridgehead atoms. The number of furan rings is 1. The third kappa shape index (κ3) is 3.31. The van der Waals surface area contributed by atoms with Crippen molar-refractivity contribution in [2.75, 3.05) is 19.3 Å². The third-order valence-corrected chi connectivity index (χ3v) is 4.56. The molecule has 1 aromatic heterocycles. The Morgan fingerprint density at radius 1 is 1.27 bits per heavy atom. The molecule has 0 saturated carbocycles. The Morgan fingerprint density at radius 2 is 1.95 bits per heavy atom. The van der Waals surface area contributed by atoms with Crippen LogP contribution < -0.4 is 4.72 Å². The van der Waals surface area contributed by atoms with Gasteiger partial charge in [0, 0.05) is 24.5 Å². The first kappa shape index (κ1) is 15.1. The molecule has 1 saturated heterocycles. The number of hydrogen-bond acceptors (Lipinski definition) is 4. The maximum Gasteiger partial charge on any atom is 0.289 e. The summed E-state index contributed by atoms with van der Waals surface area (Å²) < 4.78 is 30.6. The number of nitrogens with one attached hydrogen (secondary N) is 1. The van der Waals surface area contributed by atoms with Crippen molar-refractivity contribution in [2.45, 2.75) is 18.9 Å². The molecule has 118 valence electrons. The summed E-state index contributed by atoms with van der Waals surface area (Å²) >= 11 is 0. The topological polar surface area (TPSA) is 79.6 Å². The van der Waals surface area contributed by atoms with Crippen molar-refractivity contribution in [1.82, 2.24) is 9.62 Å². The fourth-order valence-corrected chi connectivity index (χ4v) is 3.59. The van der Waals surface area contributed by atoms with Crippen molar-refractivity contribution in [2.24, 2.45) is 0 Å². The van der Waals surface area contributed by atoms with E-state index in [0.29, 0.717) is 37.3 Å². The molecular weight excluding hydrogens is 304 g/mol. The highest BCUT2D eigenvalue weighted by atomic mass is 32.2. The lowest BCUT2D eigenvalue weighted by Gasteiger charge is -2.31. The number of carbonyl (C=O) groups is 1. The van der Waals surface area contributed by atoms with Crippen LogP contribution in [0.25, 0.3) is 11.0 Å². The molecule has 0 unspecified atom stereocenters. The quantitative estimate of drug-likeness (QED) is 0.930. The van der Waals surface area contributed by atoms with Gasteiger partial charge >= 0.3 is 0 Å². The van der Waals surface area contributed by atoms with Crippen LogP contribution >= 0.6 is 0 Å². The van der Waals surface area contributed by atoms with Gasteiger partial charge in [-0.1, -0.05) is 18.2 Å². The molecule has 0 atom stereocenters. The fraction of sp³-hybridized carbons (Fsp3) is 0.400. The Labute approximate surface area is 129 Å². The summed E-state index contributed by atoms with van der Waals surface area (Å²) in [4.78, 5) is 14.2. The Morgan fingerprint density at radius 3 is 2.59 bits per heavy atom. The number of benzene rings is 1. The lowest BCUT2D eigenvalue weighted by molar-refractivity contribution is 0.0681. The minimum atomic E-state index is -3.20. The van der Waals surface area contributed by atoms with Crippen molar-refractivity contribution in [1.29, 1.82) is 0 Å². The predicted molar refractivity (Wildman–Crippen MR) is 83.1 cm³/mol. The Bertz CT molecular complexity index is 756. The first-order valence-electron chi connectivity index (χ1n) is 7.17. The van der Waals surface area contributed by atoms with Crippen LogP contribution in [0.3, 0.4) is 0 Å². The van der Waals surface area contributed by atoms with E-state index in [1.165, 1.54) is 0 Å². The number of amides is 1. The Hall–Kier alpha value is -1.86. The fourth-order valence-electron chi connectivity index (χ4n) is 2.75. The van der Waals surface area contributed by atoms with Crippen molar-refractivity contribution < 1.29 is 17.6 Å². The predicted octanol–water partition coefficient (Wildman–Crippen LogP) is 1.59. The highest BCUT2D eigenvalue weighted by Crippen LogP contribution is 2.21. The SMILES string of the molecule is CS(=O)(=O)NC1CCN(C(=O)c2cc3ccccc3o2)CC1. The summed E-state index contributed by atoms with van der Waals surface area (Å²) in [6.45, 7) is 1.03. The van der Waals surface area contributed by atoms with E-state index in [9.17, 15) is 13.2 Å². The second kappa shape index (κ2) is 5.73. The normalized spacial score (nSPS) is 17.0. The maximum atomic E-state index is 12.5. The summed E-state index contributed by atoms with van der Waals surface area (Å²) in [7, 11) is -3.20. The van der Waals surface area contributed by atoms with Gasteiger partial charge < -0.3 is 9.32 Å². The van der Waals surface area contributed by atoms with Crippen LogP contribution in [-0.4, -0.2) is 44.6 Å². The molecule has 0 aliphatic carbocycles. The van der Waals surface area contributed by atoms with Gasteiger partial charge in [0.2, 0.25) is 10.0 Å². The number of piperidine rings is 1. The van der Waals surface area contributed by atoms with E-state index in [-0.39, 0.29) is 11.9 Å². The molecule has 2 heterocycles. The molecule has 0 spiro atoms. The van der Waals surface area contributed by atoms with Gasteiger partial charge in [0.15, 0.2) is 5.76 Å². The Kier molecular flexibility index (Phi) is 3.92. The summed E-state index contributed by atoms with van der Waals surface area (Å²) in [6.07, 6.45) is 2.37. The van der Waals surface area contributed by atoms with Gasteiger partial charge in [-0.25, -0.2) is 13.1 Å². The lowest BCUT2D eigenvalue weighted by Crippen LogP contribution is -2.46. The molecule has 1 fully saturated rings. The van der Waals surface area contributed by atoms with Crippen LogP contribution in [0.15, 0.2) is 34.7 Å². The van der Waals surface area contributed by atoms with Crippen LogP contribution in [-0.2, 0) is 10.0 Å². The molecule has 22 heavy (non-hydrogen) atoms. The molecular formula is C15H18N2O4S. The number of sulfonamides is 1. The van der Waals surface area contributed by atoms with E-state index in [0.717, 1.165) is 11.6 Å². The molecule has 1 N–H and O–H groups in total. The molecule has 1 aromatic carbocycles. The second-order valence-corrected chi connectivity index (χ2v) is 7.39. The highest BCUT2D eigenvalue weighted by Gasteiger charge is 2.26. The van der Waals surface area contributed by atoms with Gasteiger partial charge in [-0.15, -0.1) is 0 Å². The number of fused-ring (bicyclic) bond motifs is 1. The first-order chi connectivity index (χ1) is 10.4. The highest BCUT2D eigenvalue weighted by molar-refractivity contribution is 7.88. The van der Waals surface area contributed by atoms with E-state index < -0.39 is 10.0 Å². The number of para-hydroxylation sites is 1. The van der Waals surface area contributed by atoms with E-state index >= 15 is 0 Å². The van der Waals surface area contributed by atoms with Crippen LogP contribution in [0.5, 0.6) is 0 Å². The summed E-state index contributed by atoms with van der Waals surface area (Å²) in [5, 5.41) is 0.902. The summed E-state index contributed by atoms with van der Waals surface area (Å²) in [5.74, 6) is 0.185. The number of rotatable bonds is 3. The van der Waals surface area contributed by atoms with Gasteiger partial charge in [0.05, 0.1) is 6.26 Å². The number of carbonyl (C=O) groups excluding carboxylic acids is 1. The van der Waals surface area contributed by atoms with E-state index in [2.05, 4.69) is 4.72 Å². The zero-order valence-electron chi connectivity index (χ0n) is 12.3. The van der Waals surface area contributed by atoms with Crippen LogP contribution in [0.4, 0.5) is 0 Å². The van der Waals surface area contributed by atoms with E-state index in [1.807, 2.05) is 24.3 Å². The zero-order valence-corrected chi connectivity index (χ0v) is 13.1. The molecule has 1 amide bonds. The third-order valence-electron chi connectivity index (χ3n) is 3.80. The summed E-state index contributed by atoms with van der Waals surface area (Å²) in [5.41, 5.74) is 0.694. The number of nitrogens with zero attached hydrogens (tertiary/aromatic N) is 1. The molecule has 2 aromatic rings. The molecule has 6 nitrogen and oxygen atoms in total. The van der Waals surface area contributed by atoms with Crippen LogP contribution in [0.2, 0.25) is 0 Å². The monoisotopic (exact) mass is 322 g/mol. The van der Waals surface area contributed by atoms with Crippen molar-refractivity contribution in [3.05, 3.63) is 36.1 Å². The van der Waals surface area contributed by atoms with Crippen molar-refractivity contribution in [3.8, 4) is 0 Å². The molecule has 0 radical (unpaired) electrons. The average Bonchev–Trinajstić information content (AvgIpc) is 2.89. The minimum absolute atomic E-state index is 0.102. The average molecular weight is 322 g/mol. The zero-order chi connectivity index (χ0) is 15.7. The van der Waals surface area contributed by atoms with Gasteiger partial charge in [-0.3, -0.25) is 4.79 Å². The van der Waals surface area contributed by atoms with Gasteiger partial charge in [-0.05, 0) is 25.0 Å². The van der Waals surface area contributed by atoms with Crippen molar-refractivity contribution in [3.63, 3.8) is 0 Å². The Balaban J connectivity index is 1.67. The lowest BCUT2D eigenvalue weighted by atomic mass is 10.1. The standard InChI is InChI=1S/C15H18N2O4S/c1-22(19,20)16-12-6-8-17(9-7-12)15(18)14-10-11-4-2-3-5-13(11)21-14/h2-5,10,12,16H,6-9H2,1H3. The molecule has 7 heteroatoms. The second-order valence-electron chi connectivity index (χ2n) is 5.60. The van der Waals surface area contributed by atoms with E-state index in [1.54, 1.807) is 11.0 Å².